The normalized spacial score (nSPS) is 15.2. The van der Waals surface area contributed by atoms with Crippen LogP contribution in [-0.4, -0.2) is 23.6 Å². The van der Waals surface area contributed by atoms with Crippen LogP contribution in [0.4, 0.5) is 11.4 Å². The van der Waals surface area contributed by atoms with E-state index in [1.807, 2.05) is 42.5 Å². The third-order valence-corrected chi connectivity index (χ3v) is 7.09. The summed E-state index contributed by atoms with van der Waals surface area (Å²) in [5.41, 5.74) is 0.874. The van der Waals surface area contributed by atoms with Crippen LogP contribution < -0.4 is 24.9 Å². The van der Waals surface area contributed by atoms with Crippen molar-refractivity contribution < 1.29 is 23.7 Å². The number of carbonyl (C=O) groups excluding carboxylic acids is 4. The Balaban J connectivity index is 1.56. The van der Waals surface area contributed by atoms with Gasteiger partial charge in [-0.05, 0) is 36.4 Å². The minimum Gasteiger partial charge on any atom is -0.464 e. The highest BCUT2D eigenvalue weighted by atomic mass is 31.1. The number of nitrogens with zero attached hydrogens (tertiary/aromatic N) is 2. The summed E-state index contributed by atoms with van der Waals surface area (Å²) in [7, 11) is -1.48. The van der Waals surface area contributed by atoms with Crippen molar-refractivity contribution in [1.29, 1.82) is 0 Å². The molecule has 0 aliphatic carbocycles. The Morgan fingerprint density at radius 1 is 0.529 bits per heavy atom. The molecular formula is C26H17N2O5P. The maximum Gasteiger partial charge on any atom is 0.258 e. The highest BCUT2D eigenvalue weighted by Crippen LogP contribution is 2.38. The fraction of sp³-hybridized carbons (Fsp3) is 0. The topological polar surface area (TPSA) is 84.0 Å². The minimum atomic E-state index is -1.48. The summed E-state index contributed by atoms with van der Waals surface area (Å²) in [6.07, 6.45) is 4.94. The van der Waals surface area contributed by atoms with E-state index in [9.17, 15) is 19.2 Å². The average molecular weight is 468 g/mol. The largest absolute Gasteiger partial charge is 0.464 e. The number of para-hydroxylation sites is 1. The number of hydrogen-bond donors (Lipinski definition) is 0. The van der Waals surface area contributed by atoms with Crippen LogP contribution in [0.1, 0.15) is 0 Å². The maximum atomic E-state index is 12.2. The zero-order valence-corrected chi connectivity index (χ0v) is 18.6. The van der Waals surface area contributed by atoms with Crippen molar-refractivity contribution in [3.63, 3.8) is 0 Å². The van der Waals surface area contributed by atoms with E-state index >= 15 is 0 Å². The third kappa shape index (κ3) is 4.05. The summed E-state index contributed by atoms with van der Waals surface area (Å²) in [6.45, 7) is 0. The van der Waals surface area contributed by atoms with Gasteiger partial charge in [-0.25, -0.2) is 9.80 Å². The molecule has 0 N–H and O–H groups in total. The standard InChI is InChI=1S/C26H17N2O5P/c29-23-12-13-24(30)27(23)18-6-4-10-21(16-18)34(33-20-8-2-1-3-9-20)22-11-5-7-19(17-22)28-25(31)14-15-26(28)32/h1-17H. The van der Waals surface area contributed by atoms with Crippen LogP contribution in [0.2, 0.25) is 0 Å². The number of anilines is 2. The average Bonchev–Trinajstić information content (AvgIpc) is 3.37. The lowest BCUT2D eigenvalue weighted by Crippen LogP contribution is -2.31. The molecule has 0 unspecified atom stereocenters. The molecule has 2 heterocycles. The first-order valence-corrected chi connectivity index (χ1v) is 11.6. The first kappa shape index (κ1) is 21.5. The van der Waals surface area contributed by atoms with Gasteiger partial charge in [0.1, 0.15) is 5.75 Å². The summed E-state index contributed by atoms with van der Waals surface area (Å²) >= 11 is 0. The lowest BCUT2D eigenvalue weighted by molar-refractivity contribution is -0.121. The number of amides is 4. The van der Waals surface area contributed by atoms with E-state index in [0.29, 0.717) is 17.1 Å². The van der Waals surface area contributed by atoms with E-state index in [2.05, 4.69) is 0 Å². The SMILES string of the molecule is O=C1C=CC(=O)N1c1cccc(P(Oc2ccccc2)c2cccc(N3C(=O)C=CC3=O)c2)c1. The molecular weight excluding hydrogens is 451 g/mol. The van der Waals surface area contributed by atoms with Crippen molar-refractivity contribution in [3.8, 4) is 5.75 Å². The van der Waals surface area contributed by atoms with Gasteiger partial charge in [-0.2, -0.15) is 0 Å². The van der Waals surface area contributed by atoms with Crippen LogP contribution in [0.3, 0.4) is 0 Å². The second kappa shape index (κ2) is 8.89. The molecule has 0 saturated heterocycles. The van der Waals surface area contributed by atoms with Gasteiger partial charge in [0.15, 0.2) is 8.15 Å². The van der Waals surface area contributed by atoms with Crippen molar-refractivity contribution in [2.24, 2.45) is 0 Å². The Kier molecular flexibility index (Phi) is 5.62. The van der Waals surface area contributed by atoms with Gasteiger partial charge in [-0.1, -0.05) is 42.5 Å². The van der Waals surface area contributed by atoms with Crippen LogP contribution in [0.5, 0.6) is 5.75 Å². The zero-order valence-electron chi connectivity index (χ0n) is 17.7. The monoisotopic (exact) mass is 468 g/mol. The lowest BCUT2D eigenvalue weighted by atomic mass is 10.3. The Morgan fingerprint density at radius 2 is 0.971 bits per heavy atom. The Labute approximate surface area is 196 Å². The zero-order chi connectivity index (χ0) is 23.7. The molecule has 0 saturated carbocycles. The fourth-order valence-electron chi connectivity index (χ4n) is 3.67. The molecule has 3 aromatic carbocycles. The van der Waals surface area contributed by atoms with Crippen molar-refractivity contribution >= 4 is 53.8 Å². The Morgan fingerprint density at radius 3 is 1.41 bits per heavy atom. The van der Waals surface area contributed by atoms with Crippen LogP contribution in [0.15, 0.2) is 103 Å². The number of rotatable bonds is 6. The first-order chi connectivity index (χ1) is 16.5. The van der Waals surface area contributed by atoms with Crippen LogP contribution in [-0.2, 0) is 19.2 Å². The molecule has 0 bridgehead atoms. The number of imide groups is 2. The molecule has 166 valence electrons. The molecule has 0 aromatic heterocycles. The smallest absolute Gasteiger partial charge is 0.258 e. The molecule has 0 spiro atoms. The van der Waals surface area contributed by atoms with Gasteiger partial charge in [0.2, 0.25) is 0 Å². The van der Waals surface area contributed by atoms with E-state index in [1.54, 1.807) is 36.4 Å². The highest BCUT2D eigenvalue weighted by Gasteiger charge is 2.28. The van der Waals surface area contributed by atoms with Gasteiger partial charge in [-0.3, -0.25) is 19.2 Å². The van der Waals surface area contributed by atoms with E-state index in [-0.39, 0.29) is 0 Å². The molecule has 0 fully saturated rings. The van der Waals surface area contributed by atoms with Gasteiger partial charge >= 0.3 is 0 Å². The Hall–Kier alpha value is -4.35. The van der Waals surface area contributed by atoms with E-state index < -0.39 is 31.8 Å². The summed E-state index contributed by atoms with van der Waals surface area (Å²) < 4.78 is 6.39. The third-order valence-electron chi connectivity index (χ3n) is 5.20. The number of benzene rings is 3. The van der Waals surface area contributed by atoms with E-state index in [1.165, 1.54) is 24.3 Å². The molecule has 2 aliphatic heterocycles. The van der Waals surface area contributed by atoms with Crippen LogP contribution >= 0.6 is 8.15 Å². The molecule has 7 nitrogen and oxygen atoms in total. The van der Waals surface area contributed by atoms with Gasteiger partial charge < -0.3 is 4.52 Å². The predicted octanol–water partition coefficient (Wildman–Crippen LogP) is 2.97. The van der Waals surface area contributed by atoms with Crippen LogP contribution in [0, 0.1) is 0 Å². The van der Waals surface area contributed by atoms with Gasteiger partial charge in [0.05, 0.1) is 11.4 Å². The maximum absolute atomic E-state index is 12.2. The van der Waals surface area contributed by atoms with Crippen molar-refractivity contribution in [2.45, 2.75) is 0 Å². The van der Waals surface area contributed by atoms with Gasteiger partial charge in [-0.15, -0.1) is 0 Å². The second-order valence-electron chi connectivity index (χ2n) is 7.43. The molecule has 8 heteroatoms. The fourth-order valence-corrected chi connectivity index (χ4v) is 5.45. The first-order valence-electron chi connectivity index (χ1n) is 10.4. The number of hydrogen-bond acceptors (Lipinski definition) is 5. The van der Waals surface area contributed by atoms with Crippen molar-refractivity contribution in [1.82, 2.24) is 0 Å². The number of carbonyl (C=O) groups is 4. The van der Waals surface area contributed by atoms with Crippen molar-refractivity contribution in [3.05, 3.63) is 103 Å². The Bertz CT molecular complexity index is 1260. The molecule has 4 amide bonds. The quantitative estimate of drug-likeness (QED) is 0.410. The molecule has 3 aromatic rings. The van der Waals surface area contributed by atoms with Gasteiger partial charge in [0.25, 0.3) is 23.6 Å². The molecule has 2 aliphatic rings. The predicted molar refractivity (Wildman–Crippen MR) is 129 cm³/mol. The molecule has 0 radical (unpaired) electrons. The second-order valence-corrected chi connectivity index (χ2v) is 9.23. The van der Waals surface area contributed by atoms with Gasteiger partial charge in [0, 0.05) is 34.9 Å². The summed E-state index contributed by atoms with van der Waals surface area (Å²) in [5.74, 6) is -0.992. The summed E-state index contributed by atoms with van der Waals surface area (Å²) in [6, 6.07) is 23.4. The summed E-state index contributed by atoms with van der Waals surface area (Å²) in [4.78, 5) is 51.0. The molecule has 5 rings (SSSR count). The molecule has 34 heavy (non-hydrogen) atoms. The van der Waals surface area contributed by atoms with Crippen molar-refractivity contribution in [2.75, 3.05) is 9.80 Å². The minimum absolute atomic E-state index is 0.406. The lowest BCUT2D eigenvalue weighted by Gasteiger charge is -2.23. The van der Waals surface area contributed by atoms with E-state index in [0.717, 1.165) is 20.4 Å². The summed E-state index contributed by atoms with van der Waals surface area (Å²) in [5, 5.41) is 1.50. The molecule has 0 atom stereocenters. The van der Waals surface area contributed by atoms with E-state index in [4.69, 9.17) is 4.52 Å². The van der Waals surface area contributed by atoms with Crippen LogP contribution in [0.25, 0.3) is 0 Å². The highest BCUT2D eigenvalue weighted by molar-refractivity contribution is 7.68.